The predicted molar refractivity (Wildman–Crippen MR) is 86.5 cm³/mol. The van der Waals surface area contributed by atoms with Crippen LogP contribution in [0.5, 0.6) is 0 Å². The van der Waals surface area contributed by atoms with E-state index in [-0.39, 0.29) is 5.75 Å². The van der Waals surface area contributed by atoms with Crippen molar-refractivity contribution in [1.82, 2.24) is 0 Å². The van der Waals surface area contributed by atoms with Crippen LogP contribution < -0.4 is 0 Å². The van der Waals surface area contributed by atoms with Crippen LogP contribution in [0.25, 0.3) is 0 Å². The molecule has 0 atom stereocenters. The van der Waals surface area contributed by atoms with E-state index in [1.165, 1.54) is 8.47 Å². The molecule has 2 rings (SSSR count). The van der Waals surface area contributed by atoms with Crippen molar-refractivity contribution in [2.75, 3.05) is 19.0 Å². The maximum Gasteiger partial charge on any atom is 0.264 e. The van der Waals surface area contributed by atoms with Crippen LogP contribution in [0.4, 0.5) is 0 Å². The molecular formula is C10H12O4S5. The van der Waals surface area contributed by atoms with E-state index in [2.05, 4.69) is 16.2 Å². The number of hydrogen-bond donors (Lipinski definition) is 1. The van der Waals surface area contributed by atoms with Gasteiger partial charge in [-0.15, -0.1) is 0 Å². The van der Waals surface area contributed by atoms with Crippen molar-refractivity contribution in [1.29, 1.82) is 0 Å². The highest BCUT2D eigenvalue weighted by Gasteiger charge is 2.18. The van der Waals surface area contributed by atoms with Crippen LogP contribution in [0.15, 0.2) is 29.6 Å². The molecule has 2 aliphatic heterocycles. The predicted octanol–water partition coefficient (Wildman–Crippen LogP) is 3.68. The maximum absolute atomic E-state index is 10.5. The summed E-state index contributed by atoms with van der Waals surface area (Å²) in [6.45, 7) is 0.821. The number of rotatable bonds is 6. The summed E-state index contributed by atoms with van der Waals surface area (Å²) < 4.78 is 37.5. The second-order valence-corrected chi connectivity index (χ2v) is 9.52. The summed E-state index contributed by atoms with van der Waals surface area (Å²) in [5.41, 5.74) is 0. The van der Waals surface area contributed by atoms with E-state index in [0.717, 1.165) is 4.91 Å². The Kier molecular flexibility index (Phi) is 6.25. The van der Waals surface area contributed by atoms with E-state index in [9.17, 15) is 8.42 Å². The Morgan fingerprint density at radius 3 is 2.58 bits per heavy atom. The Bertz CT molecular complexity index is 510. The fourth-order valence-electron chi connectivity index (χ4n) is 1.26. The lowest BCUT2D eigenvalue weighted by atomic mass is 10.5. The molecule has 0 unspecified atom stereocenters. The standard InChI is InChI=1S/C10H12O4S5/c11-19(12,13)5-1-2-14-6-8-7-17-10(18-8)9-15-3-4-16-9/h3-4,7H,1-2,5-6H2,(H,11,12,13). The van der Waals surface area contributed by atoms with Crippen LogP contribution in [0.3, 0.4) is 0 Å². The molecule has 19 heavy (non-hydrogen) atoms. The van der Waals surface area contributed by atoms with Gasteiger partial charge in [0.1, 0.15) is 0 Å². The highest BCUT2D eigenvalue weighted by Crippen LogP contribution is 2.52. The molecule has 0 spiro atoms. The summed E-state index contributed by atoms with van der Waals surface area (Å²) in [5.74, 6) is -0.248. The van der Waals surface area contributed by atoms with Gasteiger partial charge in [-0.2, -0.15) is 8.42 Å². The zero-order valence-electron chi connectivity index (χ0n) is 9.77. The van der Waals surface area contributed by atoms with Crippen molar-refractivity contribution in [2.45, 2.75) is 6.42 Å². The van der Waals surface area contributed by atoms with Crippen molar-refractivity contribution >= 4 is 57.2 Å². The van der Waals surface area contributed by atoms with E-state index in [0.29, 0.717) is 19.6 Å². The average Bonchev–Trinajstić information content (AvgIpc) is 2.97. The van der Waals surface area contributed by atoms with Crippen molar-refractivity contribution in [3.63, 3.8) is 0 Å². The molecule has 9 heteroatoms. The van der Waals surface area contributed by atoms with Crippen molar-refractivity contribution < 1.29 is 17.7 Å². The third-order valence-electron chi connectivity index (χ3n) is 2.03. The van der Waals surface area contributed by atoms with Gasteiger partial charge >= 0.3 is 0 Å². The third kappa shape index (κ3) is 5.78. The molecule has 0 aromatic heterocycles. The molecule has 4 nitrogen and oxygen atoms in total. The third-order valence-corrected chi connectivity index (χ3v) is 7.88. The fraction of sp³-hybridized carbons (Fsp3) is 0.400. The van der Waals surface area contributed by atoms with Crippen LogP contribution >= 0.6 is 47.0 Å². The summed E-state index contributed by atoms with van der Waals surface area (Å²) in [6, 6.07) is 0. The largest absolute Gasteiger partial charge is 0.376 e. The second kappa shape index (κ2) is 7.48. The highest BCUT2D eigenvalue weighted by atomic mass is 32.2. The summed E-state index contributed by atoms with van der Waals surface area (Å²) >= 11 is 6.86. The summed E-state index contributed by atoms with van der Waals surface area (Å²) in [4.78, 5) is 1.13. The van der Waals surface area contributed by atoms with E-state index in [1.54, 1.807) is 47.0 Å². The summed E-state index contributed by atoms with van der Waals surface area (Å²) in [7, 11) is -3.87. The molecule has 2 heterocycles. The lowest BCUT2D eigenvalue weighted by Crippen LogP contribution is -2.07. The molecular weight excluding hydrogens is 344 g/mol. The molecule has 0 saturated heterocycles. The van der Waals surface area contributed by atoms with E-state index in [4.69, 9.17) is 9.29 Å². The second-order valence-electron chi connectivity index (χ2n) is 3.58. The SMILES string of the molecule is O=S(=O)(O)CCCOCC1=CSC(=C2SC=CS2)S1. The highest BCUT2D eigenvalue weighted by molar-refractivity contribution is 8.33. The molecule has 0 aromatic rings. The molecule has 0 aliphatic carbocycles. The summed E-state index contributed by atoms with van der Waals surface area (Å²) in [6.07, 6.45) is 0.313. The monoisotopic (exact) mass is 356 g/mol. The van der Waals surface area contributed by atoms with Gasteiger partial charge in [0.2, 0.25) is 0 Å². The Labute approximate surface area is 129 Å². The molecule has 0 radical (unpaired) electrons. The van der Waals surface area contributed by atoms with Gasteiger partial charge in [0.05, 0.1) is 20.8 Å². The van der Waals surface area contributed by atoms with E-state index < -0.39 is 10.1 Å². The molecule has 106 valence electrons. The first kappa shape index (κ1) is 15.9. The lowest BCUT2D eigenvalue weighted by Gasteiger charge is -2.04. The topological polar surface area (TPSA) is 63.6 Å². The van der Waals surface area contributed by atoms with Gasteiger partial charge in [0.15, 0.2) is 0 Å². The van der Waals surface area contributed by atoms with Crippen molar-refractivity contribution in [3.05, 3.63) is 29.6 Å². The number of thioether (sulfide) groups is 4. The molecule has 0 bridgehead atoms. The van der Waals surface area contributed by atoms with Gasteiger partial charge in [-0.05, 0) is 22.6 Å². The normalized spacial score (nSPS) is 19.3. The van der Waals surface area contributed by atoms with Crippen LogP contribution in [0.1, 0.15) is 6.42 Å². The first-order valence-electron chi connectivity index (χ1n) is 5.34. The quantitative estimate of drug-likeness (QED) is 0.571. The Hall–Kier alpha value is 0.490. The Balaban J connectivity index is 1.64. The van der Waals surface area contributed by atoms with Gasteiger partial charge in [-0.25, -0.2) is 0 Å². The molecule has 0 aromatic carbocycles. The Morgan fingerprint density at radius 1 is 1.16 bits per heavy atom. The smallest absolute Gasteiger partial charge is 0.264 e. The molecule has 1 N–H and O–H groups in total. The lowest BCUT2D eigenvalue weighted by molar-refractivity contribution is 0.161. The first-order chi connectivity index (χ1) is 9.04. The van der Waals surface area contributed by atoms with Crippen LogP contribution in [0, 0.1) is 0 Å². The van der Waals surface area contributed by atoms with Gasteiger partial charge < -0.3 is 4.74 Å². The van der Waals surface area contributed by atoms with Gasteiger partial charge in [-0.3, -0.25) is 4.55 Å². The van der Waals surface area contributed by atoms with Crippen LogP contribution in [0.2, 0.25) is 0 Å². The maximum atomic E-state index is 10.5. The molecule has 0 saturated carbocycles. The zero-order valence-corrected chi connectivity index (χ0v) is 13.9. The Morgan fingerprint density at radius 2 is 1.89 bits per heavy atom. The minimum absolute atomic E-state index is 0.248. The number of ether oxygens (including phenoxy) is 1. The van der Waals surface area contributed by atoms with E-state index >= 15 is 0 Å². The van der Waals surface area contributed by atoms with Crippen LogP contribution in [-0.2, 0) is 14.9 Å². The van der Waals surface area contributed by atoms with Crippen LogP contribution in [-0.4, -0.2) is 31.9 Å². The van der Waals surface area contributed by atoms with Crippen molar-refractivity contribution in [2.24, 2.45) is 0 Å². The van der Waals surface area contributed by atoms with Crippen molar-refractivity contribution in [3.8, 4) is 0 Å². The summed E-state index contributed by atoms with van der Waals surface area (Å²) in [5, 5.41) is 6.20. The average molecular weight is 357 g/mol. The molecule has 0 amide bonds. The van der Waals surface area contributed by atoms with Gasteiger partial charge in [-0.1, -0.05) is 47.0 Å². The van der Waals surface area contributed by atoms with Gasteiger partial charge in [0.25, 0.3) is 10.1 Å². The minimum atomic E-state index is -3.87. The minimum Gasteiger partial charge on any atom is -0.376 e. The van der Waals surface area contributed by atoms with E-state index in [1.807, 2.05) is 0 Å². The fourth-order valence-corrected chi connectivity index (χ4v) is 6.16. The van der Waals surface area contributed by atoms with Gasteiger partial charge in [0, 0.05) is 11.5 Å². The first-order valence-corrected chi connectivity index (χ1v) is 10.4. The molecule has 2 aliphatic rings. The zero-order chi connectivity index (χ0) is 13.7. The molecule has 0 fully saturated rings. The number of hydrogen-bond acceptors (Lipinski definition) is 7.